The van der Waals surface area contributed by atoms with Gasteiger partial charge in [0.2, 0.25) is 5.69 Å². The van der Waals surface area contributed by atoms with Crippen LogP contribution in [-0.4, -0.2) is 0 Å². The highest BCUT2D eigenvalue weighted by atomic mass is 16.3. The van der Waals surface area contributed by atoms with Gasteiger partial charge < -0.3 is 4.42 Å². The van der Waals surface area contributed by atoms with Gasteiger partial charge >= 0.3 is 0 Å². The van der Waals surface area contributed by atoms with E-state index in [-0.39, 0.29) is 0 Å². The van der Waals surface area contributed by atoms with Crippen molar-refractivity contribution in [3.8, 4) is 22.4 Å². The fourth-order valence-electron chi connectivity index (χ4n) is 4.65. The third kappa shape index (κ3) is 2.76. The number of pyridine rings is 1. The van der Waals surface area contributed by atoms with Crippen LogP contribution >= 0.6 is 0 Å². The Balaban J connectivity index is 1.69. The van der Waals surface area contributed by atoms with Crippen molar-refractivity contribution in [2.75, 3.05) is 0 Å². The lowest BCUT2D eigenvalue weighted by molar-refractivity contribution is -0.660. The number of aryl methyl sites for hydroxylation is 2. The Bertz CT molecular complexity index is 1590. The summed E-state index contributed by atoms with van der Waals surface area (Å²) < 4.78 is 8.69. The lowest BCUT2D eigenvalue weighted by Gasteiger charge is -2.08. The van der Waals surface area contributed by atoms with Crippen molar-refractivity contribution in [1.29, 1.82) is 0 Å². The minimum absolute atomic E-state index is 0.933. The highest BCUT2D eigenvalue weighted by Crippen LogP contribution is 2.40. The van der Waals surface area contributed by atoms with Crippen molar-refractivity contribution in [3.05, 3.63) is 103 Å². The molecule has 0 radical (unpaired) electrons. The Kier molecular flexibility index (Phi) is 3.94. The quantitative estimate of drug-likeness (QED) is 0.281. The predicted octanol–water partition coefficient (Wildman–Crippen LogP) is 7.21. The van der Waals surface area contributed by atoms with Crippen molar-refractivity contribution in [2.24, 2.45) is 7.05 Å². The Labute approximate surface area is 181 Å². The maximum Gasteiger partial charge on any atom is 0.216 e. The van der Waals surface area contributed by atoms with Crippen LogP contribution in [0.3, 0.4) is 0 Å². The monoisotopic (exact) mass is 400 g/mol. The second-order valence-corrected chi connectivity index (χ2v) is 8.17. The molecule has 148 valence electrons. The van der Waals surface area contributed by atoms with E-state index in [1.54, 1.807) is 0 Å². The number of aromatic nitrogens is 1. The number of rotatable bonds is 2. The van der Waals surface area contributed by atoms with Gasteiger partial charge in [-0.05, 0) is 40.5 Å². The fraction of sp³-hybridized carbons (Fsp3) is 0.0690. The van der Waals surface area contributed by atoms with Gasteiger partial charge in [-0.25, -0.2) is 4.57 Å². The Morgan fingerprint density at radius 2 is 1.52 bits per heavy atom. The van der Waals surface area contributed by atoms with Crippen LogP contribution in [0.2, 0.25) is 0 Å². The number of benzene rings is 4. The molecular weight excluding hydrogens is 378 g/mol. The summed E-state index contributed by atoms with van der Waals surface area (Å²) in [6.07, 6.45) is 2.13. The molecule has 2 nitrogen and oxygen atoms in total. The molecule has 0 unspecified atom stereocenters. The summed E-state index contributed by atoms with van der Waals surface area (Å²) >= 11 is 0. The number of nitrogens with zero attached hydrogens (tertiary/aromatic N) is 1. The number of furan rings is 1. The van der Waals surface area contributed by atoms with E-state index in [0.717, 1.165) is 27.8 Å². The molecule has 0 saturated heterocycles. The van der Waals surface area contributed by atoms with E-state index in [1.165, 1.54) is 32.8 Å². The van der Waals surface area contributed by atoms with E-state index < -0.39 is 0 Å². The van der Waals surface area contributed by atoms with Gasteiger partial charge in [-0.1, -0.05) is 72.8 Å². The van der Waals surface area contributed by atoms with E-state index in [0.29, 0.717) is 0 Å². The van der Waals surface area contributed by atoms with E-state index in [4.69, 9.17) is 4.42 Å². The average molecular weight is 401 g/mol. The van der Waals surface area contributed by atoms with Crippen LogP contribution in [-0.2, 0) is 7.05 Å². The molecule has 6 rings (SSSR count). The van der Waals surface area contributed by atoms with Gasteiger partial charge in [-0.2, -0.15) is 0 Å². The molecule has 2 heterocycles. The zero-order valence-corrected chi connectivity index (χ0v) is 17.6. The molecule has 2 heteroatoms. The molecule has 0 bridgehead atoms. The first-order valence-corrected chi connectivity index (χ1v) is 10.6. The summed E-state index contributed by atoms with van der Waals surface area (Å²) in [7, 11) is 2.10. The average Bonchev–Trinajstić information content (AvgIpc) is 3.19. The molecule has 0 atom stereocenters. The van der Waals surface area contributed by atoms with Gasteiger partial charge in [0.25, 0.3) is 0 Å². The third-order valence-corrected chi connectivity index (χ3v) is 6.25. The molecule has 0 aliphatic heterocycles. The minimum Gasteiger partial charge on any atom is -0.455 e. The summed E-state index contributed by atoms with van der Waals surface area (Å²) in [5.74, 6) is 0. The number of hydrogen-bond acceptors (Lipinski definition) is 1. The van der Waals surface area contributed by atoms with Crippen LogP contribution in [0.4, 0.5) is 0 Å². The maximum absolute atomic E-state index is 6.51. The fourth-order valence-corrected chi connectivity index (χ4v) is 4.65. The lowest BCUT2D eigenvalue weighted by atomic mass is 9.97. The summed E-state index contributed by atoms with van der Waals surface area (Å²) in [6.45, 7) is 2.16. The van der Waals surface area contributed by atoms with Crippen molar-refractivity contribution >= 4 is 32.7 Å². The van der Waals surface area contributed by atoms with E-state index in [9.17, 15) is 0 Å². The summed E-state index contributed by atoms with van der Waals surface area (Å²) in [6, 6.07) is 32.1. The minimum atomic E-state index is 0.933. The maximum atomic E-state index is 6.51. The van der Waals surface area contributed by atoms with Gasteiger partial charge in [0.1, 0.15) is 18.2 Å². The van der Waals surface area contributed by atoms with Gasteiger partial charge in [-0.15, -0.1) is 0 Å². The summed E-state index contributed by atoms with van der Waals surface area (Å²) in [4.78, 5) is 0. The van der Waals surface area contributed by atoms with Crippen LogP contribution in [0.15, 0.2) is 102 Å². The molecule has 0 aliphatic rings. The van der Waals surface area contributed by atoms with Crippen LogP contribution in [0.5, 0.6) is 0 Å². The first kappa shape index (κ1) is 17.9. The zero-order valence-electron chi connectivity index (χ0n) is 17.6. The van der Waals surface area contributed by atoms with Gasteiger partial charge in [0.15, 0.2) is 6.20 Å². The topological polar surface area (TPSA) is 17.0 Å². The Morgan fingerprint density at radius 3 is 2.39 bits per heavy atom. The molecule has 6 aromatic rings. The smallest absolute Gasteiger partial charge is 0.216 e. The zero-order chi connectivity index (χ0) is 20.9. The number of fused-ring (bicyclic) bond motifs is 5. The highest BCUT2D eigenvalue weighted by molar-refractivity contribution is 6.20. The number of hydrogen-bond donors (Lipinski definition) is 0. The highest BCUT2D eigenvalue weighted by Gasteiger charge is 2.22. The first-order chi connectivity index (χ1) is 15.2. The van der Waals surface area contributed by atoms with Crippen molar-refractivity contribution in [1.82, 2.24) is 0 Å². The molecule has 0 N–H and O–H groups in total. The molecular formula is C29H22NO+. The van der Waals surface area contributed by atoms with Crippen LogP contribution < -0.4 is 4.57 Å². The van der Waals surface area contributed by atoms with E-state index >= 15 is 0 Å². The Hall–Kier alpha value is -3.91. The molecule has 4 aromatic carbocycles. The van der Waals surface area contributed by atoms with Gasteiger partial charge in [0.05, 0.1) is 5.56 Å². The molecule has 0 amide bonds. The predicted molar refractivity (Wildman–Crippen MR) is 128 cm³/mol. The first-order valence-electron chi connectivity index (χ1n) is 10.6. The second kappa shape index (κ2) is 6.82. The van der Waals surface area contributed by atoms with Gasteiger partial charge in [0, 0.05) is 22.9 Å². The summed E-state index contributed by atoms with van der Waals surface area (Å²) in [5, 5.41) is 4.82. The van der Waals surface area contributed by atoms with Crippen molar-refractivity contribution < 1.29 is 8.98 Å². The molecule has 31 heavy (non-hydrogen) atoms. The van der Waals surface area contributed by atoms with Crippen LogP contribution in [0.1, 0.15) is 5.56 Å². The van der Waals surface area contributed by atoms with Crippen molar-refractivity contribution in [2.45, 2.75) is 6.92 Å². The van der Waals surface area contributed by atoms with E-state index in [1.807, 2.05) is 0 Å². The van der Waals surface area contributed by atoms with Gasteiger partial charge in [-0.3, -0.25) is 0 Å². The third-order valence-electron chi connectivity index (χ3n) is 6.25. The standard InChI is InChI=1S/C29H22NO/c1-19-12-14-24-28-23-11-7-6-10-21(23)13-15-26(28)31-29(24)27(19)25-18-22(16-17-30(25)2)20-8-4-3-5-9-20/h3-18H,1-2H3/q+1. The molecule has 0 fully saturated rings. The van der Waals surface area contributed by atoms with Crippen LogP contribution in [0, 0.1) is 6.92 Å². The second-order valence-electron chi connectivity index (χ2n) is 8.17. The molecule has 2 aromatic heterocycles. The SMILES string of the molecule is Cc1ccc2c(oc3ccc4ccccc4c32)c1-c1cc(-c2ccccc2)cc[n+]1C. The largest absolute Gasteiger partial charge is 0.455 e. The lowest BCUT2D eigenvalue weighted by Crippen LogP contribution is -2.30. The normalized spacial score (nSPS) is 11.5. The van der Waals surface area contributed by atoms with Crippen LogP contribution in [0.25, 0.3) is 55.1 Å². The van der Waals surface area contributed by atoms with E-state index in [2.05, 4.69) is 116 Å². The molecule has 0 aliphatic carbocycles. The Morgan fingerprint density at radius 1 is 0.710 bits per heavy atom. The van der Waals surface area contributed by atoms with Crippen molar-refractivity contribution in [3.63, 3.8) is 0 Å². The molecule has 0 saturated carbocycles. The summed E-state index contributed by atoms with van der Waals surface area (Å²) in [5.41, 5.74) is 7.80. The molecule has 0 spiro atoms.